The molecule has 0 unspecified atom stereocenters. The van der Waals surface area contributed by atoms with Crippen LogP contribution < -0.4 is 0 Å². The van der Waals surface area contributed by atoms with Gasteiger partial charge in [0, 0.05) is 23.9 Å². The smallest absolute Gasteiger partial charge is 0.235 e. The fourth-order valence-corrected chi connectivity index (χ4v) is 4.56. The number of hydrogen-bond donors (Lipinski definition) is 0. The van der Waals surface area contributed by atoms with Gasteiger partial charge in [-0.3, -0.25) is 4.79 Å². The molecule has 0 saturated carbocycles. The van der Waals surface area contributed by atoms with E-state index in [0.717, 1.165) is 21.1 Å². The van der Waals surface area contributed by atoms with Crippen LogP contribution in [0.2, 0.25) is 0 Å². The van der Waals surface area contributed by atoms with Gasteiger partial charge in [-0.25, -0.2) is 9.97 Å². The molecule has 0 aliphatic carbocycles. The van der Waals surface area contributed by atoms with Crippen LogP contribution >= 0.6 is 23.1 Å². The first-order valence-electron chi connectivity index (χ1n) is 7.38. The molecule has 7 heteroatoms. The van der Waals surface area contributed by atoms with Crippen LogP contribution in [0.1, 0.15) is 29.6 Å². The molecule has 1 atom stereocenters. The quantitative estimate of drug-likeness (QED) is 0.611. The first-order valence-corrected chi connectivity index (χ1v) is 9.07. The zero-order chi connectivity index (χ0) is 17.1. The lowest BCUT2D eigenvalue weighted by Gasteiger charge is -2.20. The Morgan fingerprint density at radius 2 is 2.09 bits per heavy atom. The highest BCUT2D eigenvalue weighted by Gasteiger charge is 2.22. The average Bonchev–Trinajstić information content (AvgIpc) is 2.78. The number of thiophene rings is 1. The third-order valence-corrected chi connectivity index (χ3v) is 5.85. The zero-order valence-electron chi connectivity index (χ0n) is 14.0. The van der Waals surface area contributed by atoms with E-state index in [0.29, 0.717) is 13.0 Å². The Hall–Kier alpha value is -1.65. The minimum absolute atomic E-state index is 0.0132. The summed E-state index contributed by atoms with van der Waals surface area (Å²) in [6, 6.07) is 2.06. The summed E-state index contributed by atoms with van der Waals surface area (Å²) in [6.07, 6.45) is 0.347. The van der Waals surface area contributed by atoms with Crippen molar-refractivity contribution in [2.75, 3.05) is 13.6 Å². The molecule has 0 aliphatic rings. The van der Waals surface area contributed by atoms with Crippen LogP contribution in [0.5, 0.6) is 0 Å². The number of aromatic nitrogens is 2. The molecule has 0 saturated heterocycles. The van der Waals surface area contributed by atoms with Crippen molar-refractivity contribution in [2.45, 2.75) is 44.4 Å². The van der Waals surface area contributed by atoms with Crippen molar-refractivity contribution in [3.05, 3.63) is 16.3 Å². The minimum Gasteiger partial charge on any atom is -0.344 e. The molecule has 0 spiro atoms. The largest absolute Gasteiger partial charge is 0.344 e. The molecule has 2 aromatic heterocycles. The summed E-state index contributed by atoms with van der Waals surface area (Å²) in [6.45, 7) is 8.36. The van der Waals surface area contributed by atoms with E-state index in [1.165, 1.54) is 22.2 Å². The van der Waals surface area contributed by atoms with Crippen molar-refractivity contribution >= 4 is 39.2 Å². The number of fused-ring (bicyclic) bond motifs is 1. The SMILES string of the molecule is Cc1nc(S[C@H](C)C(=O)N(C)CCC#N)c2c(C)c(C)sc2n1. The summed E-state index contributed by atoms with van der Waals surface area (Å²) in [4.78, 5) is 25.3. The first kappa shape index (κ1) is 17.7. The fraction of sp³-hybridized carbons (Fsp3) is 0.500. The lowest BCUT2D eigenvalue weighted by atomic mass is 10.2. The second-order valence-electron chi connectivity index (χ2n) is 5.47. The van der Waals surface area contributed by atoms with E-state index in [1.54, 1.807) is 23.3 Å². The predicted octanol–water partition coefficient (Wildman–Crippen LogP) is 3.47. The molecule has 122 valence electrons. The highest BCUT2D eigenvalue weighted by molar-refractivity contribution is 8.00. The lowest BCUT2D eigenvalue weighted by Crippen LogP contribution is -2.33. The molecule has 0 N–H and O–H groups in total. The van der Waals surface area contributed by atoms with Gasteiger partial charge in [-0.2, -0.15) is 5.26 Å². The maximum Gasteiger partial charge on any atom is 0.235 e. The van der Waals surface area contributed by atoms with E-state index in [9.17, 15) is 4.79 Å². The Morgan fingerprint density at radius 3 is 2.74 bits per heavy atom. The molecule has 0 bridgehead atoms. The number of nitrogens with zero attached hydrogens (tertiary/aromatic N) is 4. The molecule has 0 fully saturated rings. The van der Waals surface area contributed by atoms with Crippen LogP contribution in [0.4, 0.5) is 0 Å². The number of hydrogen-bond acceptors (Lipinski definition) is 6. The molecular formula is C16H20N4OS2. The summed E-state index contributed by atoms with van der Waals surface area (Å²) in [7, 11) is 1.73. The normalized spacial score (nSPS) is 12.2. The van der Waals surface area contributed by atoms with Gasteiger partial charge in [-0.05, 0) is 33.3 Å². The summed E-state index contributed by atoms with van der Waals surface area (Å²) in [5.41, 5.74) is 1.19. The highest BCUT2D eigenvalue weighted by atomic mass is 32.2. The molecule has 0 radical (unpaired) electrons. The van der Waals surface area contributed by atoms with E-state index < -0.39 is 0 Å². The Bertz CT molecular complexity index is 778. The maximum absolute atomic E-state index is 12.4. The number of rotatable bonds is 5. The molecule has 5 nitrogen and oxygen atoms in total. The van der Waals surface area contributed by atoms with Crippen LogP contribution in [0.25, 0.3) is 10.2 Å². The summed E-state index contributed by atoms with van der Waals surface area (Å²) < 4.78 is 0. The van der Waals surface area contributed by atoms with Gasteiger partial charge in [0.2, 0.25) is 5.91 Å². The third-order valence-electron chi connectivity index (χ3n) is 3.68. The number of amides is 1. The number of carbonyl (C=O) groups is 1. The molecule has 2 aromatic rings. The Balaban J connectivity index is 2.27. The molecule has 2 heterocycles. The Morgan fingerprint density at radius 1 is 1.39 bits per heavy atom. The molecular weight excluding hydrogens is 328 g/mol. The Labute approximate surface area is 144 Å². The van der Waals surface area contributed by atoms with Gasteiger partial charge in [0.1, 0.15) is 15.7 Å². The van der Waals surface area contributed by atoms with Crippen LogP contribution in [0, 0.1) is 32.1 Å². The summed E-state index contributed by atoms with van der Waals surface area (Å²) >= 11 is 3.13. The van der Waals surface area contributed by atoms with E-state index in [1.807, 2.05) is 13.8 Å². The second-order valence-corrected chi connectivity index (χ2v) is 8.00. The number of thioether (sulfide) groups is 1. The van der Waals surface area contributed by atoms with Gasteiger partial charge in [-0.1, -0.05) is 11.8 Å². The van der Waals surface area contributed by atoms with E-state index in [-0.39, 0.29) is 11.2 Å². The molecule has 0 aromatic carbocycles. The van der Waals surface area contributed by atoms with Crippen molar-refractivity contribution < 1.29 is 4.79 Å². The highest BCUT2D eigenvalue weighted by Crippen LogP contribution is 2.36. The van der Waals surface area contributed by atoms with Crippen LogP contribution in [0.3, 0.4) is 0 Å². The van der Waals surface area contributed by atoms with Crippen molar-refractivity contribution in [3.8, 4) is 6.07 Å². The summed E-state index contributed by atoms with van der Waals surface area (Å²) in [5.74, 6) is 0.734. The maximum atomic E-state index is 12.4. The molecule has 23 heavy (non-hydrogen) atoms. The monoisotopic (exact) mass is 348 g/mol. The van der Waals surface area contributed by atoms with Gasteiger partial charge in [0.15, 0.2) is 0 Å². The topological polar surface area (TPSA) is 69.9 Å². The van der Waals surface area contributed by atoms with Crippen molar-refractivity contribution in [2.24, 2.45) is 0 Å². The average molecular weight is 348 g/mol. The Kier molecular flexibility index (Phi) is 5.60. The summed E-state index contributed by atoms with van der Waals surface area (Å²) in [5, 5.41) is 10.3. The standard InChI is InChI=1S/C16H20N4OS2/c1-9-10(2)22-14-13(9)15(19-12(4)18-14)23-11(3)16(21)20(5)8-6-7-17/h11H,6,8H2,1-5H3/t11-/m1/s1. The van der Waals surface area contributed by atoms with Gasteiger partial charge in [0.05, 0.1) is 17.7 Å². The predicted molar refractivity (Wildman–Crippen MR) is 94.8 cm³/mol. The van der Waals surface area contributed by atoms with Gasteiger partial charge < -0.3 is 4.90 Å². The van der Waals surface area contributed by atoms with Crippen LogP contribution in [-0.2, 0) is 4.79 Å². The van der Waals surface area contributed by atoms with Crippen molar-refractivity contribution in [3.63, 3.8) is 0 Å². The zero-order valence-corrected chi connectivity index (χ0v) is 15.6. The van der Waals surface area contributed by atoms with Gasteiger partial charge >= 0.3 is 0 Å². The fourth-order valence-electron chi connectivity index (χ4n) is 2.26. The van der Waals surface area contributed by atoms with Crippen LogP contribution in [-0.4, -0.2) is 39.6 Å². The van der Waals surface area contributed by atoms with E-state index in [2.05, 4.69) is 29.9 Å². The third kappa shape index (κ3) is 3.82. The molecule has 2 rings (SSSR count). The number of aryl methyl sites for hydroxylation is 3. The van der Waals surface area contributed by atoms with Gasteiger partial charge in [0.25, 0.3) is 0 Å². The molecule has 1 amide bonds. The lowest BCUT2D eigenvalue weighted by molar-refractivity contribution is -0.128. The van der Waals surface area contributed by atoms with Crippen LogP contribution in [0.15, 0.2) is 5.03 Å². The second kappa shape index (κ2) is 7.28. The van der Waals surface area contributed by atoms with Crippen molar-refractivity contribution in [1.82, 2.24) is 14.9 Å². The van der Waals surface area contributed by atoms with E-state index >= 15 is 0 Å². The van der Waals surface area contributed by atoms with Crippen molar-refractivity contribution in [1.29, 1.82) is 5.26 Å². The minimum atomic E-state index is -0.254. The first-order chi connectivity index (χ1) is 10.8. The molecule has 0 aliphatic heterocycles. The van der Waals surface area contributed by atoms with Gasteiger partial charge in [-0.15, -0.1) is 11.3 Å². The van der Waals surface area contributed by atoms with E-state index in [4.69, 9.17) is 5.26 Å². The number of carbonyl (C=O) groups excluding carboxylic acids is 1. The number of nitriles is 1.